The van der Waals surface area contributed by atoms with Gasteiger partial charge in [0.15, 0.2) is 0 Å². The molecule has 4 nitrogen and oxygen atoms in total. The van der Waals surface area contributed by atoms with Gasteiger partial charge in [0.05, 0.1) is 18.7 Å². The van der Waals surface area contributed by atoms with Crippen molar-refractivity contribution in [3.05, 3.63) is 83.9 Å². The molecule has 2 aromatic carbocycles. The van der Waals surface area contributed by atoms with Crippen molar-refractivity contribution in [3.63, 3.8) is 0 Å². The van der Waals surface area contributed by atoms with Gasteiger partial charge in [0.25, 0.3) is 5.91 Å². The molecule has 0 saturated carbocycles. The summed E-state index contributed by atoms with van der Waals surface area (Å²) >= 11 is 0. The quantitative estimate of drug-likeness (QED) is 0.689. The molecule has 0 fully saturated rings. The summed E-state index contributed by atoms with van der Waals surface area (Å²) in [6, 6.07) is 15.2. The van der Waals surface area contributed by atoms with Gasteiger partial charge < -0.3 is 10.1 Å². The average Bonchev–Trinajstić information content (AvgIpc) is 2.68. The van der Waals surface area contributed by atoms with Gasteiger partial charge in [-0.25, -0.2) is 4.39 Å². The highest BCUT2D eigenvalue weighted by Crippen LogP contribution is 2.21. The standard InChI is InChI=1S/C21H19FN2O2.CH4/c1-14(16-4-3-5-20(11-16)26-2)24-21(25)18-10-17(12-23-13-18)15-6-8-19(22)9-7-15;/h3-14H,1-2H3,(H,24,25);1H4/t14-;/m0./s1. The lowest BCUT2D eigenvalue weighted by atomic mass is 10.0. The SMILES string of the molecule is C.COc1cccc([C@H](C)NC(=O)c2cncc(-c3ccc(F)cc3)c2)c1. The van der Waals surface area contributed by atoms with Gasteiger partial charge in [-0.3, -0.25) is 9.78 Å². The van der Waals surface area contributed by atoms with Crippen molar-refractivity contribution in [1.82, 2.24) is 10.3 Å². The molecule has 3 rings (SSSR count). The highest BCUT2D eigenvalue weighted by molar-refractivity contribution is 5.95. The van der Waals surface area contributed by atoms with Crippen molar-refractivity contribution in [2.75, 3.05) is 7.11 Å². The van der Waals surface area contributed by atoms with Crippen molar-refractivity contribution in [3.8, 4) is 16.9 Å². The van der Waals surface area contributed by atoms with Gasteiger partial charge in [0.1, 0.15) is 11.6 Å². The molecule has 0 radical (unpaired) electrons. The van der Waals surface area contributed by atoms with Crippen LogP contribution in [0.1, 0.15) is 36.3 Å². The molecule has 3 aromatic rings. The van der Waals surface area contributed by atoms with Gasteiger partial charge in [0.2, 0.25) is 0 Å². The maximum Gasteiger partial charge on any atom is 0.253 e. The Morgan fingerprint density at radius 1 is 1.07 bits per heavy atom. The molecule has 140 valence electrons. The van der Waals surface area contributed by atoms with Crippen LogP contribution >= 0.6 is 0 Å². The first-order valence-corrected chi connectivity index (χ1v) is 8.22. The Hall–Kier alpha value is -3.21. The van der Waals surface area contributed by atoms with Crippen molar-refractivity contribution >= 4 is 5.91 Å². The van der Waals surface area contributed by atoms with Crippen LogP contribution < -0.4 is 10.1 Å². The molecular formula is C22H23FN2O2. The van der Waals surface area contributed by atoms with Gasteiger partial charge >= 0.3 is 0 Å². The molecule has 0 unspecified atom stereocenters. The third kappa shape index (κ3) is 4.91. The number of halogens is 1. The number of pyridine rings is 1. The molecule has 0 aliphatic carbocycles. The molecule has 1 heterocycles. The number of benzene rings is 2. The maximum absolute atomic E-state index is 13.1. The summed E-state index contributed by atoms with van der Waals surface area (Å²) in [5.74, 6) is 0.211. The minimum atomic E-state index is -0.303. The second-order valence-corrected chi connectivity index (χ2v) is 5.94. The molecule has 1 amide bonds. The molecule has 0 bridgehead atoms. The number of hydrogen-bond donors (Lipinski definition) is 1. The van der Waals surface area contributed by atoms with E-state index in [2.05, 4.69) is 10.3 Å². The first kappa shape index (κ1) is 20.1. The van der Waals surface area contributed by atoms with E-state index in [0.717, 1.165) is 22.4 Å². The Kier molecular flexibility index (Phi) is 6.66. The summed E-state index contributed by atoms with van der Waals surface area (Å²) in [5, 5.41) is 2.96. The normalized spacial score (nSPS) is 11.2. The average molecular weight is 366 g/mol. The Labute approximate surface area is 159 Å². The minimum Gasteiger partial charge on any atom is -0.497 e. The number of ether oxygens (including phenoxy) is 1. The fraction of sp³-hybridized carbons (Fsp3) is 0.182. The number of aromatic nitrogens is 1. The Balaban J connectivity index is 0.00000261. The van der Waals surface area contributed by atoms with Crippen LogP contribution in [-0.2, 0) is 0 Å². The molecule has 0 aliphatic heterocycles. The second-order valence-electron chi connectivity index (χ2n) is 5.94. The Morgan fingerprint density at radius 2 is 1.81 bits per heavy atom. The van der Waals surface area contributed by atoms with Crippen molar-refractivity contribution < 1.29 is 13.9 Å². The van der Waals surface area contributed by atoms with E-state index in [0.29, 0.717) is 5.56 Å². The third-order valence-corrected chi connectivity index (χ3v) is 4.12. The van der Waals surface area contributed by atoms with Gasteiger partial charge in [-0.2, -0.15) is 0 Å². The van der Waals surface area contributed by atoms with Crippen LogP contribution in [-0.4, -0.2) is 18.0 Å². The van der Waals surface area contributed by atoms with E-state index in [9.17, 15) is 9.18 Å². The first-order chi connectivity index (χ1) is 12.6. The van der Waals surface area contributed by atoms with Crippen LogP contribution in [0.2, 0.25) is 0 Å². The Bertz CT molecular complexity index is 910. The zero-order chi connectivity index (χ0) is 18.5. The smallest absolute Gasteiger partial charge is 0.253 e. The van der Waals surface area contributed by atoms with Gasteiger partial charge in [-0.15, -0.1) is 0 Å². The van der Waals surface area contributed by atoms with Crippen LogP contribution in [0.25, 0.3) is 11.1 Å². The summed E-state index contributed by atoms with van der Waals surface area (Å²) in [4.78, 5) is 16.7. The molecule has 5 heteroatoms. The lowest BCUT2D eigenvalue weighted by molar-refractivity contribution is 0.0939. The number of methoxy groups -OCH3 is 1. The van der Waals surface area contributed by atoms with Crippen molar-refractivity contribution in [2.24, 2.45) is 0 Å². The lowest BCUT2D eigenvalue weighted by Crippen LogP contribution is -2.26. The predicted molar refractivity (Wildman–Crippen MR) is 105 cm³/mol. The van der Waals surface area contributed by atoms with Gasteiger partial charge in [-0.05, 0) is 48.4 Å². The largest absolute Gasteiger partial charge is 0.497 e. The number of hydrogen-bond acceptors (Lipinski definition) is 3. The summed E-state index contributed by atoms with van der Waals surface area (Å²) in [7, 11) is 1.61. The van der Waals surface area contributed by atoms with Crippen molar-refractivity contribution in [1.29, 1.82) is 0 Å². The molecular weight excluding hydrogens is 343 g/mol. The molecule has 0 aliphatic rings. The molecule has 0 spiro atoms. The first-order valence-electron chi connectivity index (χ1n) is 8.22. The second kappa shape index (κ2) is 8.94. The van der Waals surface area contributed by atoms with Gasteiger partial charge in [-0.1, -0.05) is 31.7 Å². The van der Waals surface area contributed by atoms with Crippen LogP contribution in [0.4, 0.5) is 4.39 Å². The fourth-order valence-electron chi connectivity index (χ4n) is 2.64. The minimum absolute atomic E-state index is 0. The van der Waals surface area contributed by atoms with E-state index in [1.54, 1.807) is 31.5 Å². The van der Waals surface area contributed by atoms with Crippen LogP contribution in [0.15, 0.2) is 67.0 Å². The van der Waals surface area contributed by atoms with Crippen LogP contribution in [0.3, 0.4) is 0 Å². The molecule has 0 saturated heterocycles. The van der Waals surface area contributed by atoms with E-state index in [4.69, 9.17) is 4.74 Å². The van der Waals surface area contributed by atoms with E-state index in [1.165, 1.54) is 18.3 Å². The number of nitrogens with one attached hydrogen (secondary N) is 1. The highest BCUT2D eigenvalue weighted by atomic mass is 19.1. The zero-order valence-corrected chi connectivity index (χ0v) is 14.6. The van der Waals surface area contributed by atoms with Crippen LogP contribution in [0, 0.1) is 5.82 Å². The van der Waals surface area contributed by atoms with E-state index < -0.39 is 0 Å². The summed E-state index contributed by atoms with van der Waals surface area (Å²) < 4.78 is 18.3. The highest BCUT2D eigenvalue weighted by Gasteiger charge is 2.13. The summed E-state index contributed by atoms with van der Waals surface area (Å²) in [5.41, 5.74) is 2.95. The molecule has 1 aromatic heterocycles. The number of amides is 1. The third-order valence-electron chi connectivity index (χ3n) is 4.12. The van der Waals surface area contributed by atoms with E-state index in [1.807, 2.05) is 31.2 Å². The summed E-state index contributed by atoms with van der Waals surface area (Å²) in [6.07, 6.45) is 3.16. The topological polar surface area (TPSA) is 51.2 Å². The zero-order valence-electron chi connectivity index (χ0n) is 14.6. The molecule has 27 heavy (non-hydrogen) atoms. The summed E-state index contributed by atoms with van der Waals surface area (Å²) in [6.45, 7) is 1.91. The van der Waals surface area contributed by atoms with Gasteiger partial charge in [0, 0.05) is 18.0 Å². The lowest BCUT2D eigenvalue weighted by Gasteiger charge is -2.15. The van der Waals surface area contributed by atoms with Crippen LogP contribution in [0.5, 0.6) is 5.75 Å². The number of rotatable bonds is 5. The van der Waals surface area contributed by atoms with Crippen molar-refractivity contribution in [2.45, 2.75) is 20.4 Å². The fourth-order valence-corrected chi connectivity index (χ4v) is 2.64. The Morgan fingerprint density at radius 3 is 2.52 bits per heavy atom. The van der Waals surface area contributed by atoms with E-state index in [-0.39, 0.29) is 25.2 Å². The number of nitrogens with zero attached hydrogens (tertiary/aromatic N) is 1. The maximum atomic E-state index is 13.1. The number of carbonyl (C=O) groups is 1. The molecule has 1 atom stereocenters. The monoisotopic (exact) mass is 366 g/mol. The van der Waals surface area contributed by atoms with E-state index >= 15 is 0 Å². The predicted octanol–water partition coefficient (Wildman–Crippen LogP) is 5.02. The number of carbonyl (C=O) groups excluding carboxylic acids is 1. The molecule has 1 N–H and O–H groups in total.